The summed E-state index contributed by atoms with van der Waals surface area (Å²) in [6.45, 7) is 0.164. The van der Waals surface area contributed by atoms with E-state index >= 15 is 0 Å². The maximum absolute atomic E-state index is 13.3. The van der Waals surface area contributed by atoms with Gasteiger partial charge in [-0.25, -0.2) is 13.2 Å². The number of unbranched alkanes of at least 4 members (excludes halogenated alkanes) is 1. The standard InChI is InChI=1S/C25H28N2O12S/c1-18(28)37-17-23(19-11-13-22(14-12-19)40(2,34)35)24(20-8-4-3-5-9-20)25(29)36-15-7-6-10-21(39-27(32)33)16-38-26(30)31/h3-5,8-9,11-14,21H,6-7,10,15-17H2,1-2H3/b24-23+. The van der Waals surface area contributed by atoms with Crippen LogP contribution in [0.2, 0.25) is 0 Å². The minimum Gasteiger partial charge on any atom is -0.462 e. The first kappa shape index (κ1) is 31.7. The third kappa shape index (κ3) is 10.7. The summed E-state index contributed by atoms with van der Waals surface area (Å²) >= 11 is 0. The van der Waals surface area contributed by atoms with Crippen molar-refractivity contribution in [2.75, 3.05) is 26.1 Å². The van der Waals surface area contributed by atoms with E-state index in [1.54, 1.807) is 30.3 Å². The number of nitrogens with zero attached hydrogens (tertiary/aromatic N) is 2. The van der Waals surface area contributed by atoms with Crippen molar-refractivity contribution in [3.63, 3.8) is 0 Å². The summed E-state index contributed by atoms with van der Waals surface area (Å²) < 4.78 is 34.4. The first-order valence-corrected chi connectivity index (χ1v) is 13.8. The Kier molecular flexibility index (Phi) is 12.0. The van der Waals surface area contributed by atoms with Gasteiger partial charge < -0.3 is 19.1 Å². The number of ether oxygens (including phenoxy) is 2. The van der Waals surface area contributed by atoms with Gasteiger partial charge in [-0.1, -0.05) is 42.5 Å². The lowest BCUT2D eigenvalue weighted by Crippen LogP contribution is -2.24. The van der Waals surface area contributed by atoms with Crippen LogP contribution in [0, 0.1) is 20.2 Å². The number of carbonyl (C=O) groups excluding carboxylic acids is 2. The summed E-state index contributed by atoms with van der Waals surface area (Å²) in [4.78, 5) is 54.5. The van der Waals surface area contributed by atoms with Gasteiger partial charge in [-0.05, 0) is 42.5 Å². The smallest absolute Gasteiger partial charge is 0.339 e. The number of sulfone groups is 1. The predicted octanol–water partition coefficient (Wildman–Crippen LogP) is 3.06. The Morgan fingerprint density at radius 1 is 0.900 bits per heavy atom. The third-order valence-electron chi connectivity index (χ3n) is 5.37. The molecule has 1 unspecified atom stereocenters. The summed E-state index contributed by atoms with van der Waals surface area (Å²) in [5.74, 6) is -1.35. The first-order valence-electron chi connectivity index (χ1n) is 11.9. The SMILES string of the molecule is CC(=O)OC/C(=C(\C(=O)OCCCCC(CO[N+](=O)[O-])O[N+](=O)[O-])c1ccccc1)c1ccc(S(C)(=O)=O)cc1. The fourth-order valence-electron chi connectivity index (χ4n) is 3.54. The fourth-order valence-corrected chi connectivity index (χ4v) is 4.17. The van der Waals surface area contributed by atoms with Crippen LogP contribution in [-0.2, 0) is 38.6 Å². The van der Waals surface area contributed by atoms with Gasteiger partial charge in [0.15, 0.2) is 9.84 Å². The largest absolute Gasteiger partial charge is 0.462 e. The zero-order valence-corrected chi connectivity index (χ0v) is 22.5. The number of carbonyl (C=O) groups is 2. The fraction of sp³-hybridized carbons (Fsp3) is 0.360. The minimum absolute atomic E-state index is 0.0259. The van der Waals surface area contributed by atoms with Crippen molar-refractivity contribution in [2.24, 2.45) is 0 Å². The molecule has 0 radical (unpaired) electrons. The highest BCUT2D eigenvalue weighted by atomic mass is 32.2. The number of hydrogen-bond acceptors (Lipinski definition) is 12. The number of benzene rings is 2. The Morgan fingerprint density at radius 3 is 2.10 bits per heavy atom. The zero-order valence-electron chi connectivity index (χ0n) is 21.7. The minimum atomic E-state index is -3.48. The van der Waals surface area contributed by atoms with Crippen molar-refractivity contribution in [1.82, 2.24) is 0 Å². The molecule has 0 bridgehead atoms. The molecule has 2 aromatic carbocycles. The molecular weight excluding hydrogens is 552 g/mol. The van der Waals surface area contributed by atoms with Gasteiger partial charge in [-0.2, -0.15) is 0 Å². The van der Waals surface area contributed by atoms with Crippen LogP contribution in [0.15, 0.2) is 59.5 Å². The summed E-state index contributed by atoms with van der Waals surface area (Å²) in [7, 11) is -3.48. The Labute approximate surface area is 229 Å². The van der Waals surface area contributed by atoms with Gasteiger partial charge in [-0.3, -0.25) is 4.79 Å². The van der Waals surface area contributed by atoms with Crippen LogP contribution in [0.4, 0.5) is 0 Å². The lowest BCUT2D eigenvalue weighted by molar-refractivity contribution is -0.790. The molecule has 0 aliphatic heterocycles. The maximum atomic E-state index is 13.3. The number of esters is 2. The van der Waals surface area contributed by atoms with Crippen molar-refractivity contribution in [3.05, 3.63) is 86.0 Å². The number of rotatable bonds is 16. The average molecular weight is 581 g/mol. The summed E-state index contributed by atoms with van der Waals surface area (Å²) in [6.07, 6.45) is 0.404. The van der Waals surface area contributed by atoms with Crippen LogP contribution in [0.1, 0.15) is 37.3 Å². The molecule has 0 saturated heterocycles. The molecule has 0 spiro atoms. The van der Waals surface area contributed by atoms with E-state index in [2.05, 4.69) is 9.68 Å². The Hall–Kier alpha value is -4.53. The molecule has 2 rings (SSSR count). The van der Waals surface area contributed by atoms with Crippen LogP contribution >= 0.6 is 0 Å². The highest BCUT2D eigenvalue weighted by Crippen LogP contribution is 2.29. The average Bonchev–Trinajstić information content (AvgIpc) is 2.88. The molecule has 0 saturated carbocycles. The van der Waals surface area contributed by atoms with E-state index in [1.807, 2.05) is 0 Å². The molecule has 0 aromatic heterocycles. The van der Waals surface area contributed by atoms with Crippen molar-refractivity contribution >= 4 is 32.9 Å². The van der Waals surface area contributed by atoms with Crippen molar-refractivity contribution in [3.8, 4) is 0 Å². The molecule has 0 amide bonds. The van der Waals surface area contributed by atoms with E-state index in [0.717, 1.165) is 6.26 Å². The van der Waals surface area contributed by atoms with E-state index in [1.165, 1.54) is 31.2 Å². The Balaban J connectivity index is 2.27. The highest BCUT2D eigenvalue weighted by molar-refractivity contribution is 7.90. The molecular formula is C25H28N2O12S. The van der Waals surface area contributed by atoms with Crippen LogP contribution in [0.25, 0.3) is 11.1 Å². The lowest BCUT2D eigenvalue weighted by atomic mass is 9.95. The molecule has 0 aliphatic rings. The van der Waals surface area contributed by atoms with Gasteiger partial charge in [-0.15, -0.1) is 20.2 Å². The molecule has 2 aromatic rings. The summed E-state index contributed by atoms with van der Waals surface area (Å²) in [5, 5.41) is 18.8. The van der Waals surface area contributed by atoms with Gasteiger partial charge >= 0.3 is 11.9 Å². The number of hydrogen-bond donors (Lipinski definition) is 0. The second-order valence-electron chi connectivity index (χ2n) is 8.40. The van der Waals surface area contributed by atoms with Gasteiger partial charge in [0.25, 0.3) is 10.2 Å². The normalized spacial score (nSPS) is 12.4. The molecule has 0 fully saturated rings. The molecule has 40 heavy (non-hydrogen) atoms. The van der Waals surface area contributed by atoms with Crippen molar-refractivity contribution < 1.29 is 47.3 Å². The van der Waals surface area contributed by atoms with E-state index in [9.17, 15) is 38.2 Å². The van der Waals surface area contributed by atoms with Gasteiger partial charge in [0, 0.05) is 18.8 Å². The second-order valence-corrected chi connectivity index (χ2v) is 10.4. The molecule has 0 aliphatic carbocycles. The topological polar surface area (TPSA) is 191 Å². The second kappa shape index (κ2) is 15.2. The third-order valence-corrected chi connectivity index (χ3v) is 6.50. The van der Waals surface area contributed by atoms with Crippen molar-refractivity contribution in [2.45, 2.75) is 37.2 Å². The maximum Gasteiger partial charge on any atom is 0.339 e. The van der Waals surface area contributed by atoms with E-state index < -0.39 is 44.7 Å². The van der Waals surface area contributed by atoms with Crippen molar-refractivity contribution in [1.29, 1.82) is 0 Å². The van der Waals surface area contributed by atoms with E-state index in [4.69, 9.17) is 9.47 Å². The van der Waals surface area contributed by atoms with Crippen LogP contribution in [-0.4, -0.2) is 62.7 Å². The van der Waals surface area contributed by atoms with Crippen LogP contribution in [0.3, 0.4) is 0 Å². The summed E-state index contributed by atoms with van der Waals surface area (Å²) in [5.41, 5.74) is 1.25. The predicted molar refractivity (Wildman–Crippen MR) is 139 cm³/mol. The first-order chi connectivity index (χ1) is 18.9. The van der Waals surface area contributed by atoms with Gasteiger partial charge in [0.05, 0.1) is 17.1 Å². The molecule has 14 nitrogen and oxygen atoms in total. The molecule has 0 heterocycles. The summed E-state index contributed by atoms with van der Waals surface area (Å²) in [6, 6.07) is 14.2. The monoisotopic (exact) mass is 580 g/mol. The van der Waals surface area contributed by atoms with Crippen LogP contribution in [0.5, 0.6) is 0 Å². The quantitative estimate of drug-likeness (QED) is 0.0705. The van der Waals surface area contributed by atoms with Gasteiger partial charge in [0.1, 0.15) is 19.3 Å². The lowest BCUT2D eigenvalue weighted by Gasteiger charge is -2.17. The molecule has 15 heteroatoms. The zero-order chi connectivity index (χ0) is 29.7. The highest BCUT2D eigenvalue weighted by Gasteiger charge is 2.22. The van der Waals surface area contributed by atoms with E-state index in [-0.39, 0.29) is 48.5 Å². The molecule has 0 N–H and O–H groups in total. The van der Waals surface area contributed by atoms with Gasteiger partial charge in [0.2, 0.25) is 0 Å². The Bertz CT molecular complexity index is 1330. The van der Waals surface area contributed by atoms with Crippen LogP contribution < -0.4 is 0 Å². The van der Waals surface area contributed by atoms with E-state index in [0.29, 0.717) is 11.1 Å². The molecule has 1 atom stereocenters. The Morgan fingerprint density at radius 2 is 1.55 bits per heavy atom. The molecule has 216 valence electrons.